The molecule has 0 saturated heterocycles. The summed E-state index contributed by atoms with van der Waals surface area (Å²) in [7, 11) is -3.54. The molecule has 1 aromatic heterocycles. The van der Waals surface area contributed by atoms with E-state index in [0.29, 0.717) is 19.0 Å². The summed E-state index contributed by atoms with van der Waals surface area (Å²) in [6.45, 7) is 7.22. The third-order valence-corrected chi connectivity index (χ3v) is 4.35. The van der Waals surface area contributed by atoms with Gasteiger partial charge in [-0.3, -0.25) is 4.68 Å². The second-order valence-corrected chi connectivity index (χ2v) is 6.76. The van der Waals surface area contributed by atoms with E-state index in [-0.39, 0.29) is 10.7 Å². The predicted octanol–water partition coefficient (Wildman–Crippen LogP) is 1.59. The zero-order valence-electron chi connectivity index (χ0n) is 11.9. The van der Waals surface area contributed by atoms with E-state index in [1.54, 1.807) is 0 Å². The Kier molecular flexibility index (Phi) is 5.81. The molecule has 0 amide bonds. The van der Waals surface area contributed by atoms with E-state index in [4.69, 9.17) is 5.73 Å². The number of aryl methyl sites for hydroxylation is 1. The molecule has 0 spiro atoms. The third-order valence-electron chi connectivity index (χ3n) is 2.87. The first kappa shape index (κ1) is 16.0. The number of rotatable bonds is 8. The number of nitrogens with zero attached hydrogens (tertiary/aromatic N) is 2. The molecule has 0 unspecified atom stereocenters. The predicted molar refractivity (Wildman–Crippen MR) is 76.2 cm³/mol. The number of nitrogens with one attached hydrogen (secondary N) is 1. The molecule has 6 nitrogen and oxygen atoms in total. The Hall–Kier alpha value is -1.08. The van der Waals surface area contributed by atoms with Crippen LogP contribution in [0.25, 0.3) is 0 Å². The van der Waals surface area contributed by atoms with Gasteiger partial charge in [-0.15, -0.1) is 0 Å². The molecular weight excluding hydrogens is 264 g/mol. The fraction of sp³-hybridized carbons (Fsp3) is 0.750. The molecule has 0 radical (unpaired) electrons. The highest BCUT2D eigenvalue weighted by molar-refractivity contribution is 7.89. The molecule has 0 aliphatic heterocycles. The smallest absolute Gasteiger partial charge is 0.245 e. The van der Waals surface area contributed by atoms with Gasteiger partial charge in [0.15, 0.2) is 5.82 Å². The monoisotopic (exact) mass is 288 g/mol. The molecule has 0 aliphatic carbocycles. The van der Waals surface area contributed by atoms with Gasteiger partial charge in [0.2, 0.25) is 10.0 Å². The third kappa shape index (κ3) is 4.83. The second kappa shape index (κ2) is 6.91. The Labute approximate surface area is 115 Å². The highest BCUT2D eigenvalue weighted by Gasteiger charge is 2.20. The van der Waals surface area contributed by atoms with Crippen molar-refractivity contribution < 1.29 is 8.42 Å². The Morgan fingerprint density at radius 2 is 2.11 bits per heavy atom. The summed E-state index contributed by atoms with van der Waals surface area (Å²) in [5, 5.41) is 3.94. The van der Waals surface area contributed by atoms with Gasteiger partial charge in [-0.05, 0) is 19.3 Å². The van der Waals surface area contributed by atoms with Crippen molar-refractivity contribution >= 4 is 15.8 Å². The van der Waals surface area contributed by atoms with E-state index in [2.05, 4.69) is 23.7 Å². The van der Waals surface area contributed by atoms with Crippen LogP contribution in [0.3, 0.4) is 0 Å². The number of nitrogens with two attached hydrogens (primary N) is 1. The van der Waals surface area contributed by atoms with Crippen LogP contribution in [-0.4, -0.2) is 24.7 Å². The van der Waals surface area contributed by atoms with E-state index >= 15 is 0 Å². The van der Waals surface area contributed by atoms with E-state index < -0.39 is 10.0 Å². The maximum absolute atomic E-state index is 12.0. The molecule has 7 heteroatoms. The number of unbranched alkanes of at least 4 members (excludes halogenated alkanes) is 1. The van der Waals surface area contributed by atoms with Crippen LogP contribution in [0.15, 0.2) is 11.1 Å². The minimum atomic E-state index is -3.54. The lowest BCUT2D eigenvalue weighted by molar-refractivity contribution is 0.530. The van der Waals surface area contributed by atoms with Gasteiger partial charge in [0.1, 0.15) is 4.90 Å². The summed E-state index contributed by atoms with van der Waals surface area (Å²) in [6.07, 6.45) is 4.42. The van der Waals surface area contributed by atoms with E-state index in [1.807, 2.05) is 6.92 Å². The lowest BCUT2D eigenvalue weighted by Crippen LogP contribution is -2.25. The van der Waals surface area contributed by atoms with Crippen LogP contribution in [0.4, 0.5) is 5.82 Å². The zero-order chi connectivity index (χ0) is 14.5. The first-order valence-corrected chi connectivity index (χ1v) is 8.17. The van der Waals surface area contributed by atoms with E-state index in [0.717, 1.165) is 19.3 Å². The van der Waals surface area contributed by atoms with Crippen molar-refractivity contribution in [2.24, 2.45) is 5.92 Å². The van der Waals surface area contributed by atoms with Crippen molar-refractivity contribution in [2.75, 3.05) is 12.3 Å². The van der Waals surface area contributed by atoms with Gasteiger partial charge in [-0.2, -0.15) is 5.10 Å². The van der Waals surface area contributed by atoms with Crippen LogP contribution in [0.1, 0.15) is 40.0 Å². The summed E-state index contributed by atoms with van der Waals surface area (Å²) in [6, 6.07) is 0. The molecule has 19 heavy (non-hydrogen) atoms. The van der Waals surface area contributed by atoms with Crippen LogP contribution < -0.4 is 10.5 Å². The number of anilines is 1. The molecule has 1 rings (SSSR count). The highest BCUT2D eigenvalue weighted by atomic mass is 32.2. The van der Waals surface area contributed by atoms with E-state index in [9.17, 15) is 8.42 Å². The molecular formula is C12H24N4O2S. The molecule has 3 N–H and O–H groups in total. The van der Waals surface area contributed by atoms with E-state index in [1.165, 1.54) is 10.9 Å². The van der Waals surface area contributed by atoms with Gasteiger partial charge in [0.25, 0.3) is 0 Å². The topological polar surface area (TPSA) is 90.0 Å². The maximum atomic E-state index is 12.0. The van der Waals surface area contributed by atoms with Crippen molar-refractivity contribution in [1.29, 1.82) is 0 Å². The van der Waals surface area contributed by atoms with Gasteiger partial charge in [0.05, 0.1) is 0 Å². The Bertz CT molecular complexity index is 494. The van der Waals surface area contributed by atoms with Crippen molar-refractivity contribution in [2.45, 2.75) is 51.5 Å². The lowest BCUT2D eigenvalue weighted by atomic mass is 10.1. The van der Waals surface area contributed by atoms with Crippen LogP contribution in [0.2, 0.25) is 0 Å². The summed E-state index contributed by atoms with van der Waals surface area (Å²) in [5.41, 5.74) is 5.62. The normalized spacial score (nSPS) is 12.2. The Morgan fingerprint density at radius 1 is 1.42 bits per heavy atom. The minimum Gasteiger partial charge on any atom is -0.381 e. The second-order valence-electron chi connectivity index (χ2n) is 5.02. The van der Waals surface area contributed by atoms with Gasteiger partial charge < -0.3 is 5.73 Å². The quantitative estimate of drug-likeness (QED) is 0.711. The zero-order valence-corrected chi connectivity index (χ0v) is 12.7. The first-order chi connectivity index (χ1) is 8.86. The minimum absolute atomic E-state index is 0.0523. The van der Waals surface area contributed by atoms with Crippen molar-refractivity contribution in [3.05, 3.63) is 6.20 Å². The largest absolute Gasteiger partial charge is 0.381 e. The lowest BCUT2D eigenvalue weighted by Gasteiger charge is -2.06. The fourth-order valence-corrected chi connectivity index (χ4v) is 2.89. The molecule has 0 fully saturated rings. The average Bonchev–Trinajstić information content (AvgIpc) is 2.70. The molecule has 0 aromatic carbocycles. The number of sulfonamides is 1. The van der Waals surface area contributed by atoms with Crippen molar-refractivity contribution in [3.63, 3.8) is 0 Å². The SMILES string of the molecule is CCn1cc(S(=O)(=O)NCCCCC(C)C)c(N)n1. The molecule has 0 aliphatic rings. The summed E-state index contributed by atoms with van der Waals surface area (Å²) < 4.78 is 28.2. The fourth-order valence-electron chi connectivity index (χ4n) is 1.75. The molecule has 1 aromatic rings. The van der Waals surface area contributed by atoms with Crippen LogP contribution in [0.5, 0.6) is 0 Å². The highest BCUT2D eigenvalue weighted by Crippen LogP contribution is 2.16. The molecule has 1 heterocycles. The van der Waals surface area contributed by atoms with Gasteiger partial charge >= 0.3 is 0 Å². The summed E-state index contributed by atoms with van der Waals surface area (Å²) in [4.78, 5) is 0.0678. The number of nitrogen functional groups attached to an aromatic ring is 1. The first-order valence-electron chi connectivity index (χ1n) is 6.69. The molecule has 0 saturated carbocycles. The summed E-state index contributed by atoms with van der Waals surface area (Å²) >= 11 is 0. The Balaban J connectivity index is 2.53. The standard InChI is InChI=1S/C12H24N4O2S/c1-4-16-9-11(12(13)15-16)19(17,18)14-8-6-5-7-10(2)3/h9-10,14H,4-8H2,1-3H3,(H2,13,15). The summed E-state index contributed by atoms with van der Waals surface area (Å²) in [5.74, 6) is 0.701. The number of hydrogen-bond acceptors (Lipinski definition) is 4. The molecule has 0 atom stereocenters. The van der Waals surface area contributed by atoms with Crippen LogP contribution >= 0.6 is 0 Å². The van der Waals surface area contributed by atoms with Crippen molar-refractivity contribution in [3.8, 4) is 0 Å². The molecule has 110 valence electrons. The van der Waals surface area contributed by atoms with Gasteiger partial charge in [0, 0.05) is 19.3 Å². The molecule has 0 bridgehead atoms. The average molecular weight is 288 g/mol. The maximum Gasteiger partial charge on any atom is 0.245 e. The Morgan fingerprint density at radius 3 is 2.63 bits per heavy atom. The van der Waals surface area contributed by atoms with Crippen molar-refractivity contribution in [1.82, 2.24) is 14.5 Å². The van der Waals surface area contributed by atoms with Crippen LogP contribution in [-0.2, 0) is 16.6 Å². The van der Waals surface area contributed by atoms with Gasteiger partial charge in [-0.1, -0.05) is 26.7 Å². The number of hydrogen-bond donors (Lipinski definition) is 2. The van der Waals surface area contributed by atoms with Crippen LogP contribution in [0, 0.1) is 5.92 Å². The number of aromatic nitrogens is 2. The van der Waals surface area contributed by atoms with Gasteiger partial charge in [-0.25, -0.2) is 13.1 Å².